The number of hydrogen-bond acceptors (Lipinski definition) is 9. The summed E-state index contributed by atoms with van der Waals surface area (Å²) in [6.45, 7) is 4.92. The number of ether oxygens (including phenoxy) is 2. The number of halogens is 1. The van der Waals surface area contributed by atoms with Crippen molar-refractivity contribution in [2.75, 3.05) is 18.7 Å². The molecule has 0 radical (unpaired) electrons. The van der Waals surface area contributed by atoms with Crippen LogP contribution in [0.3, 0.4) is 0 Å². The Kier molecular flexibility index (Phi) is 7.65. The van der Waals surface area contributed by atoms with E-state index in [1.165, 1.54) is 7.11 Å². The molecule has 0 saturated heterocycles. The largest absolute Gasteiger partial charge is 0.443 e. The van der Waals surface area contributed by atoms with Gasteiger partial charge in [-0.1, -0.05) is 0 Å². The fourth-order valence-electron chi connectivity index (χ4n) is 1.92. The van der Waals surface area contributed by atoms with E-state index in [0.29, 0.717) is 6.29 Å². The van der Waals surface area contributed by atoms with E-state index in [1.807, 2.05) is 0 Å². The van der Waals surface area contributed by atoms with Gasteiger partial charge in [0.25, 0.3) is 0 Å². The molecular weight excluding hydrogens is 370 g/mol. The molecule has 12 heteroatoms. The van der Waals surface area contributed by atoms with Gasteiger partial charge in [0, 0.05) is 13.5 Å². The summed E-state index contributed by atoms with van der Waals surface area (Å²) in [5.41, 5.74) is 1.03. The maximum atomic E-state index is 12.2. The minimum absolute atomic E-state index is 0.0344. The molecule has 144 valence electrons. The fraction of sp³-hybridized carbons (Fsp3) is 0.571. The first kappa shape index (κ1) is 21.5. The molecular formula is C14H20ClN5O6. The number of nitrogens with one attached hydrogen (secondary N) is 1. The maximum absolute atomic E-state index is 12.2. The molecule has 0 aliphatic heterocycles. The number of anilines is 1. The minimum atomic E-state index is -0.895. The number of aromatic nitrogens is 2. The Hall–Kier alpha value is -2.53. The quantitative estimate of drug-likeness (QED) is 0.305. The van der Waals surface area contributed by atoms with Gasteiger partial charge in [-0.05, 0) is 32.4 Å². The van der Waals surface area contributed by atoms with Gasteiger partial charge in [-0.3, -0.25) is 15.1 Å². The second kappa shape index (κ2) is 9.25. The normalized spacial score (nSPS) is 12.2. The lowest BCUT2D eigenvalue weighted by molar-refractivity contribution is -0.384. The summed E-state index contributed by atoms with van der Waals surface area (Å²) in [5.74, 6) is -0.301. The lowest BCUT2D eigenvalue weighted by Gasteiger charge is -2.31. The van der Waals surface area contributed by atoms with E-state index in [2.05, 4.69) is 15.4 Å². The van der Waals surface area contributed by atoms with E-state index in [1.54, 1.807) is 20.8 Å². The number of carbonyl (C=O) groups excluding carboxylic acids is 2. The lowest BCUT2D eigenvalue weighted by atomic mass is 10.2. The van der Waals surface area contributed by atoms with Crippen LogP contribution in [0.5, 0.6) is 0 Å². The molecule has 1 N–H and O–H groups in total. The summed E-state index contributed by atoms with van der Waals surface area (Å²) in [5, 5.41) is 12.1. The van der Waals surface area contributed by atoms with Crippen LogP contribution >= 0.6 is 11.6 Å². The highest BCUT2D eigenvalue weighted by atomic mass is 35.5. The van der Waals surface area contributed by atoms with E-state index in [0.717, 1.165) is 11.2 Å². The Morgan fingerprint density at radius 3 is 2.69 bits per heavy atom. The van der Waals surface area contributed by atoms with Crippen LogP contribution in [-0.2, 0) is 14.3 Å². The third-order valence-corrected chi connectivity index (χ3v) is 3.03. The number of methoxy groups -OCH3 is 1. The molecule has 1 heterocycles. The predicted octanol–water partition coefficient (Wildman–Crippen LogP) is 1.89. The van der Waals surface area contributed by atoms with E-state index in [4.69, 9.17) is 21.1 Å². The molecule has 26 heavy (non-hydrogen) atoms. The minimum Gasteiger partial charge on any atom is -0.443 e. The third kappa shape index (κ3) is 6.41. The highest BCUT2D eigenvalue weighted by Crippen LogP contribution is 2.27. The van der Waals surface area contributed by atoms with Crippen LogP contribution in [-0.4, -0.2) is 52.6 Å². The summed E-state index contributed by atoms with van der Waals surface area (Å²) in [4.78, 5) is 41.1. The van der Waals surface area contributed by atoms with Crippen molar-refractivity contribution in [1.29, 1.82) is 0 Å². The number of aldehydes is 1. The molecule has 1 rings (SSSR count). The van der Waals surface area contributed by atoms with Gasteiger partial charge in [0.15, 0.2) is 0 Å². The molecule has 0 saturated carbocycles. The van der Waals surface area contributed by atoms with Crippen LogP contribution in [0.4, 0.5) is 16.3 Å². The van der Waals surface area contributed by atoms with Gasteiger partial charge in [-0.2, -0.15) is 4.98 Å². The molecule has 0 spiro atoms. The second-order valence-electron chi connectivity index (χ2n) is 6.10. The first-order valence-electron chi connectivity index (χ1n) is 7.47. The van der Waals surface area contributed by atoms with Crippen LogP contribution in [0, 0.1) is 10.1 Å². The van der Waals surface area contributed by atoms with E-state index < -0.39 is 28.3 Å². The zero-order valence-corrected chi connectivity index (χ0v) is 15.5. The number of hydrogen-bond donors (Lipinski definition) is 1. The number of hydrazine groups is 1. The number of nitrogens with zero attached hydrogens (tertiary/aromatic N) is 4. The summed E-state index contributed by atoms with van der Waals surface area (Å²) in [6.07, 6.45) is 0.484. The standard InChI is InChI=1S/C14H20ClN5O6/c1-14(2,3)26-13(22)18-19(9(5-6-21)8-25-4)11-10(20(23)24)7-16-12(15)17-11/h6-7,9H,5,8H2,1-4H3,(H,18,22). The van der Waals surface area contributed by atoms with Crippen molar-refractivity contribution in [3.63, 3.8) is 0 Å². The van der Waals surface area contributed by atoms with Crippen LogP contribution in [0.15, 0.2) is 6.20 Å². The third-order valence-electron chi connectivity index (χ3n) is 2.85. The Labute approximate surface area is 154 Å². The van der Waals surface area contributed by atoms with Gasteiger partial charge in [0.1, 0.15) is 18.1 Å². The first-order chi connectivity index (χ1) is 12.1. The van der Waals surface area contributed by atoms with E-state index in [-0.39, 0.29) is 24.1 Å². The number of carbonyl (C=O) groups is 2. The highest BCUT2D eigenvalue weighted by Gasteiger charge is 2.31. The zero-order chi connectivity index (χ0) is 19.9. The van der Waals surface area contributed by atoms with Gasteiger partial charge in [-0.15, -0.1) is 0 Å². The molecule has 1 aromatic rings. The Morgan fingerprint density at radius 1 is 1.54 bits per heavy atom. The molecule has 0 aromatic carbocycles. The van der Waals surface area contributed by atoms with Crippen molar-refractivity contribution in [3.8, 4) is 0 Å². The molecule has 0 bridgehead atoms. The van der Waals surface area contributed by atoms with E-state index in [9.17, 15) is 19.7 Å². The summed E-state index contributed by atoms with van der Waals surface area (Å²) < 4.78 is 10.2. The second-order valence-corrected chi connectivity index (χ2v) is 6.44. The summed E-state index contributed by atoms with van der Waals surface area (Å²) in [7, 11) is 1.38. The summed E-state index contributed by atoms with van der Waals surface area (Å²) in [6, 6.07) is -0.797. The van der Waals surface area contributed by atoms with Gasteiger partial charge in [0.2, 0.25) is 11.1 Å². The van der Waals surface area contributed by atoms with Crippen LogP contribution in [0.25, 0.3) is 0 Å². The Morgan fingerprint density at radius 2 is 2.19 bits per heavy atom. The van der Waals surface area contributed by atoms with E-state index >= 15 is 0 Å². The molecule has 0 aliphatic rings. The van der Waals surface area contributed by atoms with Crippen molar-refractivity contribution < 1.29 is 24.0 Å². The molecule has 0 aliphatic carbocycles. The smallest absolute Gasteiger partial charge is 0.426 e. The van der Waals surface area contributed by atoms with Crippen LogP contribution < -0.4 is 10.4 Å². The molecule has 1 atom stereocenters. The predicted molar refractivity (Wildman–Crippen MR) is 91.9 cm³/mol. The Bertz CT molecular complexity index is 666. The molecule has 11 nitrogen and oxygen atoms in total. The number of rotatable bonds is 8. The average Bonchev–Trinajstić information content (AvgIpc) is 2.50. The average molecular weight is 390 g/mol. The monoisotopic (exact) mass is 389 g/mol. The Balaban J connectivity index is 3.35. The van der Waals surface area contributed by atoms with Crippen molar-refractivity contribution >= 4 is 35.5 Å². The molecule has 1 aromatic heterocycles. The van der Waals surface area contributed by atoms with Gasteiger partial charge < -0.3 is 14.3 Å². The SMILES string of the molecule is COCC(CC=O)N(NC(=O)OC(C)(C)C)c1nc(Cl)ncc1[N+](=O)[O-]. The first-order valence-corrected chi connectivity index (χ1v) is 7.85. The number of nitro groups is 1. The highest BCUT2D eigenvalue weighted by molar-refractivity contribution is 6.28. The molecule has 1 amide bonds. The lowest BCUT2D eigenvalue weighted by Crippen LogP contribution is -2.52. The molecule has 0 fully saturated rings. The van der Waals surface area contributed by atoms with Gasteiger partial charge >= 0.3 is 11.8 Å². The molecule has 1 unspecified atom stereocenters. The van der Waals surface area contributed by atoms with Crippen LogP contribution in [0.1, 0.15) is 27.2 Å². The topological polar surface area (TPSA) is 137 Å². The van der Waals surface area contributed by atoms with Crippen LogP contribution in [0.2, 0.25) is 5.28 Å². The van der Waals surface area contributed by atoms with Gasteiger partial charge in [-0.25, -0.2) is 15.2 Å². The van der Waals surface area contributed by atoms with Crippen molar-refractivity contribution in [1.82, 2.24) is 15.4 Å². The fourth-order valence-corrected chi connectivity index (χ4v) is 2.05. The zero-order valence-electron chi connectivity index (χ0n) is 14.8. The van der Waals surface area contributed by atoms with Crippen molar-refractivity contribution in [2.45, 2.75) is 38.8 Å². The van der Waals surface area contributed by atoms with Crippen molar-refractivity contribution in [3.05, 3.63) is 21.6 Å². The maximum Gasteiger partial charge on any atom is 0.426 e. The number of amides is 1. The van der Waals surface area contributed by atoms with Gasteiger partial charge in [0.05, 0.1) is 17.6 Å². The van der Waals surface area contributed by atoms with Crippen molar-refractivity contribution in [2.24, 2.45) is 0 Å². The summed E-state index contributed by atoms with van der Waals surface area (Å²) >= 11 is 5.75.